The largest absolute Gasteiger partial charge is 0.462 e. The van der Waals surface area contributed by atoms with Gasteiger partial charge in [-0.15, -0.1) is 0 Å². The Morgan fingerprint density at radius 2 is 1.71 bits per heavy atom. The predicted octanol–water partition coefficient (Wildman–Crippen LogP) is 3.40. The fourth-order valence-electron chi connectivity index (χ4n) is 2.96. The van der Waals surface area contributed by atoms with Crippen molar-refractivity contribution < 1.29 is 42.1 Å². The van der Waals surface area contributed by atoms with Gasteiger partial charge in [-0.1, -0.05) is 6.92 Å². The van der Waals surface area contributed by atoms with Crippen molar-refractivity contribution >= 4 is 11.9 Å². The maximum Gasteiger partial charge on any atom is 0.417 e. The number of epoxide rings is 1. The lowest BCUT2D eigenvalue weighted by molar-refractivity contribution is -0.261. The minimum atomic E-state index is -4.83. The normalized spacial score (nSPS) is 22.6. The Labute approximate surface area is 163 Å². The molecule has 4 unspecified atom stereocenters. The van der Waals surface area contributed by atoms with E-state index in [9.17, 15) is 27.9 Å². The zero-order chi connectivity index (χ0) is 22.0. The van der Waals surface area contributed by atoms with Gasteiger partial charge in [0.2, 0.25) is 0 Å². The number of ether oxygens (including phenoxy) is 3. The lowest BCUT2D eigenvalue weighted by atomic mass is 9.72. The number of rotatable bonds is 10. The predicted molar refractivity (Wildman–Crippen MR) is 94.3 cm³/mol. The van der Waals surface area contributed by atoms with Gasteiger partial charge < -0.3 is 19.3 Å². The van der Waals surface area contributed by atoms with Crippen LogP contribution in [0.25, 0.3) is 0 Å². The molecule has 0 bridgehead atoms. The number of carbonyl (C=O) groups excluding carboxylic acids is 2. The average molecular weight is 412 g/mol. The molecule has 28 heavy (non-hydrogen) atoms. The topological polar surface area (TPSA) is 85.4 Å². The molecule has 0 aromatic rings. The number of hydrogen-bond donors (Lipinski definition) is 1. The standard InChI is InChI=1S/C19H31F3O6/c1-7-17(5,15(24)27-10-13-9-26-13)11-16(3,4)14(23)28-12(2)8-18(6,25)19(20,21)22/h12-13,25H,7-11H2,1-6H3. The molecule has 0 spiro atoms. The van der Waals surface area contributed by atoms with E-state index in [0.717, 1.165) is 0 Å². The first kappa shape index (κ1) is 24.7. The van der Waals surface area contributed by atoms with E-state index in [2.05, 4.69) is 0 Å². The highest BCUT2D eigenvalue weighted by Gasteiger charge is 2.51. The molecule has 0 aromatic carbocycles. The first-order valence-electron chi connectivity index (χ1n) is 9.33. The van der Waals surface area contributed by atoms with Crippen LogP contribution in [0.4, 0.5) is 13.2 Å². The van der Waals surface area contributed by atoms with Crippen molar-refractivity contribution in [2.24, 2.45) is 10.8 Å². The van der Waals surface area contributed by atoms with Gasteiger partial charge in [0.1, 0.15) is 18.8 Å². The number of esters is 2. The minimum absolute atomic E-state index is 0.0784. The lowest BCUT2D eigenvalue weighted by Crippen LogP contribution is -2.46. The van der Waals surface area contributed by atoms with Crippen molar-refractivity contribution in [1.29, 1.82) is 0 Å². The first-order chi connectivity index (χ1) is 12.5. The zero-order valence-corrected chi connectivity index (χ0v) is 17.3. The van der Waals surface area contributed by atoms with Crippen LogP contribution in [0, 0.1) is 10.8 Å². The monoisotopic (exact) mass is 412 g/mol. The molecule has 0 aromatic heterocycles. The van der Waals surface area contributed by atoms with Gasteiger partial charge in [0.25, 0.3) is 0 Å². The van der Waals surface area contributed by atoms with Gasteiger partial charge in [0.05, 0.1) is 17.4 Å². The van der Waals surface area contributed by atoms with E-state index in [1.54, 1.807) is 27.7 Å². The zero-order valence-electron chi connectivity index (χ0n) is 17.3. The van der Waals surface area contributed by atoms with Gasteiger partial charge in [-0.05, 0) is 47.5 Å². The molecule has 0 radical (unpaired) electrons. The van der Waals surface area contributed by atoms with Crippen LogP contribution in [-0.4, -0.2) is 54.2 Å². The summed E-state index contributed by atoms with van der Waals surface area (Å²) in [5.74, 6) is -1.20. The number of alkyl halides is 3. The van der Waals surface area contributed by atoms with Crippen LogP contribution in [0.1, 0.15) is 60.8 Å². The third-order valence-corrected chi connectivity index (χ3v) is 5.06. The van der Waals surface area contributed by atoms with Crippen molar-refractivity contribution in [1.82, 2.24) is 0 Å². The Morgan fingerprint density at radius 3 is 2.14 bits per heavy atom. The van der Waals surface area contributed by atoms with E-state index in [-0.39, 0.29) is 19.1 Å². The summed E-state index contributed by atoms with van der Waals surface area (Å²) in [5.41, 5.74) is -5.07. The fraction of sp³-hybridized carbons (Fsp3) is 0.895. The molecule has 1 N–H and O–H groups in total. The van der Waals surface area contributed by atoms with Crippen LogP contribution in [0.2, 0.25) is 0 Å². The molecule has 9 heteroatoms. The van der Waals surface area contributed by atoms with Crippen LogP contribution in [-0.2, 0) is 23.8 Å². The van der Waals surface area contributed by atoms with Crippen molar-refractivity contribution in [2.45, 2.75) is 84.8 Å². The fourth-order valence-corrected chi connectivity index (χ4v) is 2.96. The molecule has 164 valence electrons. The van der Waals surface area contributed by atoms with Crippen LogP contribution in [0.15, 0.2) is 0 Å². The number of halogens is 3. The molecule has 0 saturated carbocycles. The van der Waals surface area contributed by atoms with Gasteiger partial charge >= 0.3 is 18.1 Å². The summed E-state index contributed by atoms with van der Waals surface area (Å²) in [7, 11) is 0. The van der Waals surface area contributed by atoms with E-state index >= 15 is 0 Å². The molecule has 4 atom stereocenters. The summed E-state index contributed by atoms with van der Waals surface area (Å²) >= 11 is 0. The summed E-state index contributed by atoms with van der Waals surface area (Å²) in [5, 5.41) is 9.56. The smallest absolute Gasteiger partial charge is 0.417 e. The second kappa shape index (κ2) is 8.57. The van der Waals surface area contributed by atoms with Crippen LogP contribution < -0.4 is 0 Å². The van der Waals surface area contributed by atoms with Crippen LogP contribution >= 0.6 is 0 Å². The van der Waals surface area contributed by atoms with Gasteiger partial charge in [-0.2, -0.15) is 13.2 Å². The van der Waals surface area contributed by atoms with Crippen LogP contribution in [0.5, 0.6) is 0 Å². The Balaban J connectivity index is 2.72. The first-order valence-corrected chi connectivity index (χ1v) is 9.33. The molecule has 0 amide bonds. The molecule has 1 heterocycles. The summed E-state index contributed by atoms with van der Waals surface area (Å²) in [6.07, 6.45) is -6.35. The Morgan fingerprint density at radius 1 is 1.18 bits per heavy atom. The average Bonchev–Trinajstić information content (AvgIpc) is 3.34. The van der Waals surface area contributed by atoms with Gasteiger partial charge in [0.15, 0.2) is 5.60 Å². The summed E-state index contributed by atoms with van der Waals surface area (Å²) in [6.45, 7) is 9.23. The Bertz CT molecular complexity index is 569. The minimum Gasteiger partial charge on any atom is -0.462 e. The third kappa shape index (κ3) is 6.62. The molecular formula is C19H31F3O6. The summed E-state index contributed by atoms with van der Waals surface area (Å²) in [6, 6.07) is 0. The molecule has 1 rings (SSSR count). The molecule has 6 nitrogen and oxygen atoms in total. The van der Waals surface area contributed by atoms with Gasteiger partial charge in [-0.3, -0.25) is 9.59 Å². The second-order valence-corrected chi connectivity index (χ2v) is 8.72. The Kier molecular flexibility index (Phi) is 7.55. The molecule has 1 aliphatic heterocycles. The van der Waals surface area contributed by atoms with Crippen molar-refractivity contribution in [3.05, 3.63) is 0 Å². The molecular weight excluding hydrogens is 381 g/mol. The highest BCUT2D eigenvalue weighted by Crippen LogP contribution is 2.40. The third-order valence-electron chi connectivity index (χ3n) is 5.06. The highest BCUT2D eigenvalue weighted by atomic mass is 19.4. The van der Waals surface area contributed by atoms with E-state index in [4.69, 9.17) is 14.2 Å². The second-order valence-electron chi connectivity index (χ2n) is 8.72. The van der Waals surface area contributed by atoms with Crippen molar-refractivity contribution in [3.63, 3.8) is 0 Å². The summed E-state index contributed by atoms with van der Waals surface area (Å²) < 4.78 is 53.8. The van der Waals surface area contributed by atoms with Crippen molar-refractivity contribution in [3.8, 4) is 0 Å². The van der Waals surface area contributed by atoms with E-state index in [1.807, 2.05) is 0 Å². The Hall–Kier alpha value is -1.35. The molecule has 1 fully saturated rings. The SMILES string of the molecule is CCC(C)(CC(C)(C)C(=O)OC(C)CC(C)(O)C(F)(F)F)C(=O)OCC1CO1. The summed E-state index contributed by atoms with van der Waals surface area (Å²) in [4.78, 5) is 25.0. The molecule has 0 aliphatic carbocycles. The highest BCUT2D eigenvalue weighted by molar-refractivity contribution is 5.80. The number of hydrogen-bond acceptors (Lipinski definition) is 6. The van der Waals surface area contributed by atoms with E-state index in [1.165, 1.54) is 6.92 Å². The maximum atomic E-state index is 12.8. The van der Waals surface area contributed by atoms with E-state index < -0.39 is 47.1 Å². The molecule has 1 saturated heterocycles. The number of aliphatic hydroxyl groups is 1. The number of carbonyl (C=O) groups is 2. The van der Waals surface area contributed by atoms with Gasteiger partial charge in [-0.25, -0.2) is 0 Å². The maximum absolute atomic E-state index is 12.8. The van der Waals surface area contributed by atoms with Gasteiger partial charge in [0, 0.05) is 6.42 Å². The van der Waals surface area contributed by atoms with Crippen molar-refractivity contribution in [2.75, 3.05) is 13.2 Å². The van der Waals surface area contributed by atoms with Crippen LogP contribution in [0.3, 0.4) is 0 Å². The van der Waals surface area contributed by atoms with E-state index in [0.29, 0.717) is 20.0 Å². The quantitative estimate of drug-likeness (QED) is 0.437. The lowest BCUT2D eigenvalue weighted by Gasteiger charge is -2.35. The molecule has 1 aliphatic rings.